The van der Waals surface area contributed by atoms with Crippen LogP contribution in [0.25, 0.3) is 0 Å². The van der Waals surface area contributed by atoms with E-state index < -0.39 is 0 Å². The van der Waals surface area contributed by atoms with Gasteiger partial charge in [-0.25, -0.2) is 0 Å². The Hall–Kier alpha value is -0.660. The largest absolute Gasteiger partial charge is 0.298 e. The van der Waals surface area contributed by atoms with Crippen molar-refractivity contribution >= 4 is 11.6 Å². The van der Waals surface area contributed by atoms with Crippen molar-refractivity contribution in [3.8, 4) is 0 Å². The molecule has 0 heterocycles. The third kappa shape index (κ3) is 0.687. The fraction of sp³-hybridized carbons (Fsp3) is 0.909. The van der Waals surface area contributed by atoms with Gasteiger partial charge in [-0.05, 0) is 73.0 Å². The Bertz CT molecular complexity index is 734. The predicted octanol–water partition coefficient (Wildman–Crippen LogP) is 3.49. The van der Waals surface area contributed by atoms with E-state index >= 15 is 0 Å². The van der Waals surface area contributed by atoms with Gasteiger partial charge in [0.2, 0.25) is 0 Å². The lowest BCUT2D eigenvalue weighted by atomic mass is 9.48. The first-order chi connectivity index (χ1) is 11.5. The maximum absolute atomic E-state index is 14.0. The molecule has 8 saturated carbocycles. The number of carbonyl (C=O) groups is 2. The zero-order valence-corrected chi connectivity index (χ0v) is 14.7. The lowest BCUT2D eigenvalue weighted by Gasteiger charge is -2.53. The summed E-state index contributed by atoms with van der Waals surface area (Å²) in [6, 6.07) is 0. The third-order valence-corrected chi connectivity index (χ3v) is 12.1. The summed E-state index contributed by atoms with van der Waals surface area (Å²) in [5.74, 6) is 6.32. The minimum absolute atomic E-state index is 0.0590. The number of fused-ring (bicyclic) bond motifs is 2. The molecular formula is C22H26O2. The minimum atomic E-state index is -0.119. The molecule has 2 nitrogen and oxygen atoms in total. The van der Waals surface area contributed by atoms with Gasteiger partial charge in [-0.3, -0.25) is 9.59 Å². The van der Waals surface area contributed by atoms with E-state index in [2.05, 4.69) is 13.8 Å². The summed E-state index contributed by atoms with van der Waals surface area (Å²) in [5.41, 5.74) is -0.357. The zero-order chi connectivity index (χ0) is 16.0. The first-order valence-corrected chi connectivity index (χ1v) is 10.6. The fourth-order valence-corrected chi connectivity index (χ4v) is 12.8. The SMILES string of the molecule is C[C@@]12C(=O)[C@]34CCC[C@@H]3[C@H]1[C@@H]1[C@@H]3[C@H]5[C@@H]6CCC[C@@]6(C(=O)[C@@]5(C)[C@H]14)[C@H]32. The molecule has 4 bridgehead atoms. The molecule has 0 aromatic carbocycles. The van der Waals surface area contributed by atoms with Gasteiger partial charge in [-0.15, -0.1) is 0 Å². The van der Waals surface area contributed by atoms with E-state index in [0.29, 0.717) is 47.1 Å². The van der Waals surface area contributed by atoms with Crippen molar-refractivity contribution in [1.29, 1.82) is 0 Å². The quantitative estimate of drug-likeness (QED) is 0.684. The van der Waals surface area contributed by atoms with E-state index in [1.807, 2.05) is 0 Å². The second-order valence-electron chi connectivity index (χ2n) is 11.5. The topological polar surface area (TPSA) is 34.1 Å². The molecule has 0 radical (unpaired) electrons. The standard InChI is InChI=1S/C22H26O2/c1-19-13-9-5-3-8-22(9,17(19)23)16-11(13)12-14-10-6-4-7-21(10,15(12)19)18(24)20(14,16)2/h9-16H,3-8H2,1-2H3/t9-,10+,11+,12-,13+,14-,15-,16+,19-,20-,21+,22-/m1/s1. The molecule has 0 N–H and O–H groups in total. The Morgan fingerprint density at radius 1 is 0.750 bits per heavy atom. The molecule has 8 rings (SSSR count). The summed E-state index contributed by atoms with van der Waals surface area (Å²) < 4.78 is 0. The van der Waals surface area contributed by atoms with Crippen LogP contribution in [0.2, 0.25) is 0 Å². The van der Waals surface area contributed by atoms with Gasteiger partial charge in [-0.1, -0.05) is 26.7 Å². The van der Waals surface area contributed by atoms with Crippen LogP contribution in [-0.2, 0) is 9.59 Å². The molecule has 8 aliphatic rings. The van der Waals surface area contributed by atoms with Crippen LogP contribution in [-0.4, -0.2) is 11.6 Å². The maximum atomic E-state index is 14.0. The summed E-state index contributed by atoms with van der Waals surface area (Å²) in [6.45, 7) is 4.71. The van der Waals surface area contributed by atoms with Gasteiger partial charge in [0, 0.05) is 21.7 Å². The summed E-state index contributed by atoms with van der Waals surface area (Å²) in [5, 5.41) is 0. The molecule has 0 spiro atoms. The van der Waals surface area contributed by atoms with Gasteiger partial charge in [-0.2, -0.15) is 0 Å². The smallest absolute Gasteiger partial charge is 0.146 e. The van der Waals surface area contributed by atoms with Gasteiger partial charge in [0.1, 0.15) is 11.6 Å². The highest BCUT2D eigenvalue weighted by molar-refractivity contribution is 6.05. The minimum Gasteiger partial charge on any atom is -0.298 e. The Kier molecular flexibility index (Phi) is 1.52. The summed E-state index contributed by atoms with van der Waals surface area (Å²) >= 11 is 0. The number of hydrogen-bond donors (Lipinski definition) is 0. The molecule has 0 aromatic heterocycles. The third-order valence-electron chi connectivity index (χ3n) is 12.1. The van der Waals surface area contributed by atoms with Crippen LogP contribution in [0, 0.1) is 69.0 Å². The maximum Gasteiger partial charge on any atom is 0.146 e. The molecular weight excluding hydrogens is 296 g/mol. The molecule has 8 aliphatic carbocycles. The molecule has 2 heteroatoms. The Morgan fingerprint density at radius 3 is 1.58 bits per heavy atom. The lowest BCUT2D eigenvalue weighted by Crippen LogP contribution is -2.59. The monoisotopic (exact) mass is 322 g/mol. The van der Waals surface area contributed by atoms with E-state index in [-0.39, 0.29) is 21.7 Å². The number of carbonyl (C=O) groups excluding carboxylic acids is 2. The molecule has 8 fully saturated rings. The van der Waals surface area contributed by atoms with Crippen LogP contribution >= 0.6 is 0 Å². The van der Waals surface area contributed by atoms with Crippen molar-refractivity contribution in [1.82, 2.24) is 0 Å². The Labute approximate surface area is 143 Å². The van der Waals surface area contributed by atoms with E-state index in [4.69, 9.17) is 0 Å². The number of ketones is 2. The van der Waals surface area contributed by atoms with Crippen molar-refractivity contribution in [2.45, 2.75) is 52.4 Å². The van der Waals surface area contributed by atoms with Crippen molar-refractivity contribution < 1.29 is 9.59 Å². The summed E-state index contributed by atoms with van der Waals surface area (Å²) in [7, 11) is 0. The molecule has 12 atom stereocenters. The number of Topliss-reactive ketones (excluding diaryl/α,β-unsaturated/α-hetero) is 2. The molecule has 0 saturated heterocycles. The van der Waals surface area contributed by atoms with Crippen LogP contribution in [0.1, 0.15) is 52.4 Å². The van der Waals surface area contributed by atoms with Crippen LogP contribution in [0.3, 0.4) is 0 Å². The molecule has 126 valence electrons. The highest BCUT2D eigenvalue weighted by Crippen LogP contribution is 2.97. The van der Waals surface area contributed by atoms with Crippen molar-refractivity contribution in [2.24, 2.45) is 69.0 Å². The predicted molar refractivity (Wildman–Crippen MR) is 86.7 cm³/mol. The fourth-order valence-electron chi connectivity index (χ4n) is 12.8. The second kappa shape index (κ2) is 2.89. The van der Waals surface area contributed by atoms with Gasteiger partial charge in [0.25, 0.3) is 0 Å². The Balaban J connectivity index is 1.55. The van der Waals surface area contributed by atoms with Gasteiger partial charge >= 0.3 is 0 Å². The van der Waals surface area contributed by atoms with E-state index in [1.54, 1.807) is 0 Å². The Morgan fingerprint density at radius 2 is 1.17 bits per heavy atom. The highest BCUT2D eigenvalue weighted by Gasteiger charge is 2.98. The summed E-state index contributed by atoms with van der Waals surface area (Å²) in [4.78, 5) is 28.0. The van der Waals surface area contributed by atoms with Crippen molar-refractivity contribution in [2.75, 3.05) is 0 Å². The van der Waals surface area contributed by atoms with Crippen molar-refractivity contribution in [3.05, 3.63) is 0 Å². The van der Waals surface area contributed by atoms with Gasteiger partial charge in [0.15, 0.2) is 0 Å². The molecule has 0 aliphatic heterocycles. The average Bonchev–Trinajstić information content (AvgIpc) is 3.29. The molecule has 24 heavy (non-hydrogen) atoms. The average molecular weight is 322 g/mol. The van der Waals surface area contributed by atoms with E-state index in [0.717, 1.165) is 24.7 Å². The lowest BCUT2D eigenvalue weighted by molar-refractivity contribution is -0.163. The number of hydrogen-bond acceptors (Lipinski definition) is 2. The zero-order valence-electron chi connectivity index (χ0n) is 14.7. The number of rotatable bonds is 0. The first kappa shape index (κ1) is 12.7. The second-order valence-corrected chi connectivity index (χ2v) is 11.5. The summed E-state index contributed by atoms with van der Waals surface area (Å²) in [6.07, 6.45) is 7.29. The van der Waals surface area contributed by atoms with Crippen molar-refractivity contribution in [3.63, 3.8) is 0 Å². The van der Waals surface area contributed by atoms with Crippen LogP contribution in [0.15, 0.2) is 0 Å². The highest BCUT2D eigenvalue weighted by atomic mass is 16.1. The van der Waals surface area contributed by atoms with Crippen LogP contribution in [0.4, 0.5) is 0 Å². The normalized spacial score (nSPS) is 77.4. The van der Waals surface area contributed by atoms with E-state index in [1.165, 1.54) is 25.7 Å². The van der Waals surface area contributed by atoms with Gasteiger partial charge in [0.05, 0.1) is 0 Å². The molecule has 0 unspecified atom stereocenters. The van der Waals surface area contributed by atoms with E-state index in [9.17, 15) is 9.59 Å². The molecule has 0 amide bonds. The molecule has 0 aromatic rings. The first-order valence-electron chi connectivity index (χ1n) is 10.6. The van der Waals surface area contributed by atoms with Crippen LogP contribution < -0.4 is 0 Å². The van der Waals surface area contributed by atoms with Crippen LogP contribution in [0.5, 0.6) is 0 Å². The van der Waals surface area contributed by atoms with Gasteiger partial charge < -0.3 is 0 Å².